The summed E-state index contributed by atoms with van der Waals surface area (Å²) >= 11 is 0.927. The maximum absolute atomic E-state index is 12.3. The van der Waals surface area contributed by atoms with E-state index >= 15 is 0 Å². The van der Waals surface area contributed by atoms with Crippen LogP contribution in [-0.2, 0) is 14.8 Å². The average Bonchev–Trinajstić information content (AvgIpc) is 2.53. The average molecular weight is 349 g/mol. The molecule has 2 aromatic rings. The van der Waals surface area contributed by atoms with Gasteiger partial charge < -0.3 is 0 Å². The third kappa shape index (κ3) is 4.94. The van der Waals surface area contributed by atoms with Gasteiger partial charge in [0.15, 0.2) is 10.9 Å². The third-order valence-electron chi connectivity index (χ3n) is 2.92. The van der Waals surface area contributed by atoms with Gasteiger partial charge in [-0.25, -0.2) is 8.42 Å². The van der Waals surface area contributed by atoms with Crippen LogP contribution in [-0.4, -0.2) is 25.1 Å². The summed E-state index contributed by atoms with van der Waals surface area (Å²) in [5.74, 6) is -0.172. The Morgan fingerprint density at radius 3 is 2.17 bits per heavy atom. The van der Waals surface area contributed by atoms with Crippen molar-refractivity contribution in [2.45, 2.75) is 11.8 Å². The maximum atomic E-state index is 12.3. The van der Waals surface area contributed by atoms with Gasteiger partial charge in [-0.1, -0.05) is 42.1 Å². The number of Topliss-reactive ketones (excluding diaryl/α,β-unsaturated/α-hetero) is 1. The first-order valence-electron chi connectivity index (χ1n) is 6.73. The van der Waals surface area contributed by atoms with E-state index < -0.39 is 10.0 Å². The zero-order valence-electron chi connectivity index (χ0n) is 12.4. The summed E-state index contributed by atoms with van der Waals surface area (Å²) < 4.78 is 27.0. The second-order valence-corrected chi connectivity index (χ2v) is 7.53. The van der Waals surface area contributed by atoms with Crippen LogP contribution in [0.15, 0.2) is 59.5 Å². The van der Waals surface area contributed by atoms with E-state index in [1.165, 1.54) is 31.2 Å². The van der Waals surface area contributed by atoms with E-state index in [9.17, 15) is 18.0 Å². The van der Waals surface area contributed by atoms with Crippen molar-refractivity contribution in [1.29, 1.82) is 0 Å². The van der Waals surface area contributed by atoms with Crippen molar-refractivity contribution in [2.24, 2.45) is 0 Å². The molecular formula is C16H15NO4S2. The predicted molar refractivity (Wildman–Crippen MR) is 91.2 cm³/mol. The molecular weight excluding hydrogens is 334 g/mol. The molecule has 0 radical (unpaired) electrons. The van der Waals surface area contributed by atoms with E-state index in [-0.39, 0.29) is 21.5 Å². The second-order valence-electron chi connectivity index (χ2n) is 4.70. The number of ketones is 1. The highest BCUT2D eigenvalue weighted by molar-refractivity contribution is 8.14. The van der Waals surface area contributed by atoms with Crippen molar-refractivity contribution < 1.29 is 18.0 Å². The number of thioether (sulfide) groups is 1. The molecule has 23 heavy (non-hydrogen) atoms. The molecule has 0 atom stereocenters. The van der Waals surface area contributed by atoms with Crippen LogP contribution in [0.4, 0.5) is 5.69 Å². The summed E-state index contributed by atoms with van der Waals surface area (Å²) in [6, 6.07) is 14.2. The number of hydrogen-bond donors (Lipinski definition) is 1. The molecule has 0 aliphatic rings. The number of nitrogens with one attached hydrogen (secondary N) is 1. The topological polar surface area (TPSA) is 80.3 Å². The van der Waals surface area contributed by atoms with Crippen molar-refractivity contribution in [2.75, 3.05) is 10.5 Å². The molecule has 0 amide bonds. The highest BCUT2D eigenvalue weighted by atomic mass is 32.2. The fourth-order valence-corrected chi connectivity index (χ4v) is 3.35. The van der Waals surface area contributed by atoms with Gasteiger partial charge in [-0.05, 0) is 24.3 Å². The van der Waals surface area contributed by atoms with Crippen LogP contribution in [0.2, 0.25) is 0 Å². The van der Waals surface area contributed by atoms with Gasteiger partial charge in [-0.15, -0.1) is 0 Å². The first-order chi connectivity index (χ1) is 10.9. The number of carbonyl (C=O) groups excluding carboxylic acids is 2. The van der Waals surface area contributed by atoms with Gasteiger partial charge in [0.05, 0.1) is 10.6 Å². The van der Waals surface area contributed by atoms with Gasteiger partial charge in [-0.3, -0.25) is 14.3 Å². The highest BCUT2D eigenvalue weighted by Gasteiger charge is 2.15. The van der Waals surface area contributed by atoms with Gasteiger partial charge in [0, 0.05) is 18.2 Å². The Labute approximate surface area is 139 Å². The normalized spacial score (nSPS) is 11.0. The first kappa shape index (κ1) is 17.2. The molecule has 0 spiro atoms. The molecule has 0 heterocycles. The molecule has 0 aromatic heterocycles. The van der Waals surface area contributed by atoms with E-state index in [4.69, 9.17) is 0 Å². The second kappa shape index (κ2) is 7.43. The van der Waals surface area contributed by atoms with Crippen molar-refractivity contribution in [3.05, 3.63) is 60.2 Å². The summed E-state index contributed by atoms with van der Waals surface area (Å²) in [6.45, 7) is 1.39. The minimum Gasteiger partial charge on any atom is -0.293 e. The lowest BCUT2D eigenvalue weighted by Crippen LogP contribution is -2.13. The summed E-state index contributed by atoms with van der Waals surface area (Å²) in [5.41, 5.74) is 0.836. The molecule has 0 fully saturated rings. The van der Waals surface area contributed by atoms with Crippen LogP contribution in [0.3, 0.4) is 0 Å². The Morgan fingerprint density at radius 1 is 1.00 bits per heavy atom. The summed E-state index contributed by atoms with van der Waals surface area (Å²) in [7, 11) is -3.70. The van der Waals surface area contributed by atoms with Crippen molar-refractivity contribution in [1.82, 2.24) is 0 Å². The minimum absolute atomic E-state index is 0.0453. The summed E-state index contributed by atoms with van der Waals surface area (Å²) in [5, 5.41) is -0.135. The Hall–Kier alpha value is -2.12. The first-order valence-corrected chi connectivity index (χ1v) is 9.20. The van der Waals surface area contributed by atoms with Crippen LogP contribution in [0.25, 0.3) is 0 Å². The summed E-state index contributed by atoms with van der Waals surface area (Å²) in [6.07, 6.45) is 0. The third-order valence-corrected chi connectivity index (χ3v) is 5.13. The van der Waals surface area contributed by atoms with Crippen LogP contribution in [0, 0.1) is 0 Å². The fraction of sp³-hybridized carbons (Fsp3) is 0.125. The van der Waals surface area contributed by atoms with Crippen LogP contribution in [0.1, 0.15) is 17.3 Å². The SMILES string of the molecule is CC(=O)SCC(=O)c1ccc(S(=O)(=O)Nc2ccccc2)cc1. The van der Waals surface area contributed by atoms with E-state index in [1.54, 1.807) is 30.3 Å². The molecule has 0 bridgehead atoms. The van der Waals surface area contributed by atoms with Crippen molar-refractivity contribution in [3.8, 4) is 0 Å². The molecule has 1 N–H and O–H groups in total. The standard InChI is InChI=1S/C16H15NO4S2/c1-12(18)22-11-16(19)13-7-9-15(10-8-13)23(20,21)17-14-5-3-2-4-6-14/h2-10,17H,11H2,1H3. The fourth-order valence-electron chi connectivity index (χ4n) is 1.79. The molecule has 0 saturated carbocycles. The highest BCUT2D eigenvalue weighted by Crippen LogP contribution is 2.17. The number of para-hydroxylation sites is 1. The van der Waals surface area contributed by atoms with E-state index in [2.05, 4.69) is 4.72 Å². The lowest BCUT2D eigenvalue weighted by molar-refractivity contribution is -0.109. The summed E-state index contributed by atoms with van der Waals surface area (Å²) in [4.78, 5) is 22.8. The van der Waals surface area contributed by atoms with Crippen molar-refractivity contribution in [3.63, 3.8) is 0 Å². The molecule has 2 rings (SSSR count). The van der Waals surface area contributed by atoms with E-state index in [1.807, 2.05) is 0 Å². The quantitative estimate of drug-likeness (QED) is 0.811. The number of sulfonamides is 1. The number of hydrogen-bond acceptors (Lipinski definition) is 5. The van der Waals surface area contributed by atoms with Crippen LogP contribution >= 0.6 is 11.8 Å². The predicted octanol–water partition coefficient (Wildman–Crippen LogP) is 2.95. The van der Waals surface area contributed by atoms with Gasteiger partial charge in [0.2, 0.25) is 0 Å². The maximum Gasteiger partial charge on any atom is 0.261 e. The van der Waals surface area contributed by atoms with Gasteiger partial charge in [0.25, 0.3) is 10.0 Å². The minimum atomic E-state index is -3.70. The Kier molecular flexibility index (Phi) is 5.57. The molecule has 0 unspecified atom stereocenters. The van der Waals surface area contributed by atoms with Gasteiger partial charge in [0.1, 0.15) is 0 Å². The Morgan fingerprint density at radius 2 is 1.61 bits per heavy atom. The molecule has 120 valence electrons. The van der Waals surface area contributed by atoms with Gasteiger partial charge in [-0.2, -0.15) is 0 Å². The Bertz CT molecular complexity index is 800. The number of rotatable bonds is 6. The van der Waals surface area contributed by atoms with Crippen LogP contribution < -0.4 is 4.72 Å². The van der Waals surface area contributed by atoms with Crippen molar-refractivity contribution >= 4 is 38.4 Å². The zero-order valence-corrected chi connectivity index (χ0v) is 14.0. The molecule has 5 nitrogen and oxygen atoms in total. The number of carbonyl (C=O) groups is 2. The molecule has 0 aliphatic carbocycles. The molecule has 2 aromatic carbocycles. The van der Waals surface area contributed by atoms with Gasteiger partial charge >= 0.3 is 0 Å². The number of anilines is 1. The van der Waals surface area contributed by atoms with Crippen LogP contribution in [0.5, 0.6) is 0 Å². The Balaban J connectivity index is 2.12. The molecule has 0 saturated heterocycles. The van der Waals surface area contributed by atoms with E-state index in [0.717, 1.165) is 11.8 Å². The molecule has 0 aliphatic heterocycles. The largest absolute Gasteiger partial charge is 0.293 e. The monoisotopic (exact) mass is 349 g/mol. The number of benzene rings is 2. The van der Waals surface area contributed by atoms with E-state index in [0.29, 0.717) is 11.3 Å². The molecule has 7 heteroatoms. The lowest BCUT2D eigenvalue weighted by Gasteiger charge is -2.08. The smallest absolute Gasteiger partial charge is 0.261 e. The lowest BCUT2D eigenvalue weighted by atomic mass is 10.1. The zero-order chi connectivity index (χ0) is 16.9.